The maximum atomic E-state index is 11.3. The molecule has 0 bridgehead atoms. The third kappa shape index (κ3) is 2.36. The summed E-state index contributed by atoms with van der Waals surface area (Å²) in [6.07, 6.45) is 3.67. The Bertz CT molecular complexity index is 801. The van der Waals surface area contributed by atoms with Gasteiger partial charge >= 0.3 is 5.69 Å². The van der Waals surface area contributed by atoms with Crippen LogP contribution in [0.5, 0.6) is 0 Å². The monoisotopic (exact) mass is 335 g/mol. The van der Waals surface area contributed by atoms with Gasteiger partial charge in [-0.2, -0.15) is 0 Å². The number of benzene rings is 1. The lowest BCUT2D eigenvalue weighted by molar-refractivity contribution is 0.719. The Morgan fingerprint density at radius 1 is 1.35 bits per heavy atom. The van der Waals surface area contributed by atoms with E-state index < -0.39 is 0 Å². The van der Waals surface area contributed by atoms with Crippen LogP contribution in [0.1, 0.15) is 12.6 Å². The van der Waals surface area contributed by atoms with Crippen LogP contribution < -0.4 is 11.0 Å². The van der Waals surface area contributed by atoms with Gasteiger partial charge in [-0.3, -0.25) is 0 Å². The van der Waals surface area contributed by atoms with Crippen LogP contribution in [-0.2, 0) is 13.1 Å². The molecule has 0 atom stereocenters. The molecule has 0 aliphatic rings. The summed E-state index contributed by atoms with van der Waals surface area (Å²) in [6.45, 7) is 3.65. The smallest absolute Gasteiger partial charge is 0.323 e. The van der Waals surface area contributed by atoms with Gasteiger partial charge in [-0.25, -0.2) is 9.78 Å². The second kappa shape index (κ2) is 5.16. The molecule has 3 rings (SSSR count). The Morgan fingerprint density at radius 3 is 2.85 bits per heavy atom. The minimum Gasteiger partial charge on any atom is -0.378 e. The molecular formula is C13H14BrN5O. The maximum Gasteiger partial charge on any atom is 0.323 e. The van der Waals surface area contributed by atoms with Crippen molar-refractivity contribution in [1.82, 2.24) is 19.5 Å². The van der Waals surface area contributed by atoms with Crippen LogP contribution in [0.25, 0.3) is 11.0 Å². The summed E-state index contributed by atoms with van der Waals surface area (Å²) in [4.78, 5) is 20.9. The number of H-pyrrole nitrogens is 2. The Kier molecular flexibility index (Phi) is 3.35. The van der Waals surface area contributed by atoms with Crippen molar-refractivity contribution < 1.29 is 0 Å². The van der Waals surface area contributed by atoms with E-state index in [1.54, 1.807) is 0 Å². The summed E-state index contributed by atoms with van der Waals surface area (Å²) in [5.41, 5.74) is 3.41. The molecule has 0 spiro atoms. The minimum absolute atomic E-state index is 0.201. The molecular weight excluding hydrogens is 322 g/mol. The molecule has 2 heterocycles. The van der Waals surface area contributed by atoms with Crippen LogP contribution in [-0.4, -0.2) is 19.5 Å². The highest BCUT2D eigenvalue weighted by Crippen LogP contribution is 2.26. The van der Waals surface area contributed by atoms with Gasteiger partial charge < -0.3 is 19.9 Å². The highest BCUT2D eigenvalue weighted by Gasteiger charge is 2.06. The van der Waals surface area contributed by atoms with E-state index in [0.29, 0.717) is 6.54 Å². The van der Waals surface area contributed by atoms with Gasteiger partial charge in [0.2, 0.25) is 0 Å². The summed E-state index contributed by atoms with van der Waals surface area (Å²) in [5, 5.41) is 3.35. The topological polar surface area (TPSA) is 78.5 Å². The second-order valence-corrected chi connectivity index (χ2v) is 5.34. The van der Waals surface area contributed by atoms with Gasteiger partial charge in [0.1, 0.15) is 0 Å². The number of nitrogens with one attached hydrogen (secondary N) is 3. The molecule has 3 N–H and O–H groups in total. The Balaban J connectivity index is 1.87. The number of hydrogen-bond donors (Lipinski definition) is 3. The predicted octanol–water partition coefficient (Wildman–Crippen LogP) is 2.45. The summed E-state index contributed by atoms with van der Waals surface area (Å²) >= 11 is 3.51. The highest BCUT2D eigenvalue weighted by molar-refractivity contribution is 9.10. The SMILES string of the molecule is CCn1cncc1CNc1cc2[nH]c(=O)[nH]c2cc1Br. The third-order valence-electron chi connectivity index (χ3n) is 3.20. The number of imidazole rings is 2. The van der Waals surface area contributed by atoms with Gasteiger partial charge in [0.05, 0.1) is 35.3 Å². The van der Waals surface area contributed by atoms with Crippen LogP contribution in [0.15, 0.2) is 33.9 Å². The molecule has 1 aromatic carbocycles. The molecule has 20 heavy (non-hydrogen) atoms. The van der Waals surface area contributed by atoms with E-state index in [0.717, 1.165) is 33.4 Å². The molecule has 7 heteroatoms. The van der Waals surface area contributed by atoms with Crippen LogP contribution in [0.4, 0.5) is 5.69 Å². The molecule has 0 radical (unpaired) electrons. The fourth-order valence-corrected chi connectivity index (χ4v) is 2.64. The zero-order valence-corrected chi connectivity index (χ0v) is 12.5. The van der Waals surface area contributed by atoms with E-state index in [1.807, 2.05) is 24.7 Å². The van der Waals surface area contributed by atoms with E-state index in [1.165, 1.54) is 0 Å². The number of hydrogen-bond acceptors (Lipinski definition) is 3. The first-order chi connectivity index (χ1) is 9.67. The van der Waals surface area contributed by atoms with Crippen molar-refractivity contribution in [2.45, 2.75) is 20.0 Å². The molecule has 104 valence electrons. The number of aromatic nitrogens is 4. The van der Waals surface area contributed by atoms with E-state index in [9.17, 15) is 4.79 Å². The zero-order valence-electron chi connectivity index (χ0n) is 10.9. The van der Waals surface area contributed by atoms with E-state index in [4.69, 9.17) is 0 Å². The summed E-state index contributed by atoms with van der Waals surface area (Å²) < 4.78 is 2.99. The van der Waals surface area contributed by atoms with Crippen molar-refractivity contribution in [2.24, 2.45) is 0 Å². The number of nitrogens with zero attached hydrogens (tertiary/aromatic N) is 2. The molecule has 3 aromatic rings. The Morgan fingerprint density at radius 2 is 2.10 bits per heavy atom. The molecule has 0 saturated heterocycles. The number of fused-ring (bicyclic) bond motifs is 1. The van der Waals surface area contributed by atoms with Crippen LogP contribution in [0.3, 0.4) is 0 Å². The van der Waals surface area contributed by atoms with E-state index in [2.05, 4.69) is 47.7 Å². The lowest BCUT2D eigenvalue weighted by atomic mass is 10.2. The number of halogens is 1. The van der Waals surface area contributed by atoms with Crippen molar-refractivity contribution in [2.75, 3.05) is 5.32 Å². The standard InChI is InChI=1S/C13H14BrN5O/c1-2-19-7-15-5-8(19)6-16-10-4-12-11(3-9(10)14)17-13(20)18-12/h3-5,7,16H,2,6H2,1H3,(H2,17,18,20). The van der Waals surface area contributed by atoms with Crippen molar-refractivity contribution in [3.05, 3.63) is 45.3 Å². The average molecular weight is 336 g/mol. The van der Waals surface area contributed by atoms with Gasteiger partial charge in [0, 0.05) is 17.2 Å². The van der Waals surface area contributed by atoms with Gasteiger partial charge in [-0.1, -0.05) is 0 Å². The van der Waals surface area contributed by atoms with Crippen molar-refractivity contribution in [3.8, 4) is 0 Å². The highest BCUT2D eigenvalue weighted by atomic mass is 79.9. The first-order valence-electron chi connectivity index (χ1n) is 6.32. The molecule has 2 aromatic heterocycles. The maximum absolute atomic E-state index is 11.3. The Labute approximate surface area is 123 Å². The first kappa shape index (κ1) is 13.0. The summed E-state index contributed by atoms with van der Waals surface area (Å²) in [7, 11) is 0. The molecule has 6 nitrogen and oxygen atoms in total. The van der Waals surface area contributed by atoms with Crippen molar-refractivity contribution in [1.29, 1.82) is 0 Å². The number of aryl methyl sites for hydroxylation is 1. The number of aromatic amines is 2. The van der Waals surface area contributed by atoms with E-state index >= 15 is 0 Å². The summed E-state index contributed by atoms with van der Waals surface area (Å²) in [5.74, 6) is 0. The molecule has 0 unspecified atom stereocenters. The molecule has 0 saturated carbocycles. The fraction of sp³-hybridized carbons (Fsp3) is 0.231. The average Bonchev–Trinajstić information content (AvgIpc) is 3.00. The van der Waals surface area contributed by atoms with Crippen LogP contribution in [0.2, 0.25) is 0 Å². The van der Waals surface area contributed by atoms with Crippen LogP contribution >= 0.6 is 15.9 Å². The third-order valence-corrected chi connectivity index (χ3v) is 3.86. The summed E-state index contributed by atoms with van der Waals surface area (Å²) in [6, 6.07) is 3.79. The normalized spacial score (nSPS) is 11.1. The van der Waals surface area contributed by atoms with Gasteiger partial charge in [-0.05, 0) is 35.0 Å². The van der Waals surface area contributed by atoms with E-state index in [-0.39, 0.29) is 5.69 Å². The molecule has 0 fully saturated rings. The second-order valence-electron chi connectivity index (χ2n) is 4.48. The molecule has 0 aliphatic heterocycles. The van der Waals surface area contributed by atoms with Crippen molar-refractivity contribution in [3.63, 3.8) is 0 Å². The molecule has 0 amide bonds. The van der Waals surface area contributed by atoms with Gasteiger partial charge in [-0.15, -0.1) is 0 Å². The lowest BCUT2D eigenvalue weighted by Gasteiger charge is -2.10. The van der Waals surface area contributed by atoms with Crippen molar-refractivity contribution >= 4 is 32.7 Å². The fourth-order valence-electron chi connectivity index (χ4n) is 2.16. The Hall–Kier alpha value is -2.02. The first-order valence-corrected chi connectivity index (χ1v) is 7.11. The van der Waals surface area contributed by atoms with Crippen LogP contribution in [0, 0.1) is 0 Å². The number of anilines is 1. The largest absolute Gasteiger partial charge is 0.378 e. The zero-order chi connectivity index (χ0) is 14.1. The van der Waals surface area contributed by atoms with Gasteiger partial charge in [0.25, 0.3) is 0 Å². The lowest BCUT2D eigenvalue weighted by Crippen LogP contribution is -2.06. The van der Waals surface area contributed by atoms with Gasteiger partial charge in [0.15, 0.2) is 0 Å². The quantitative estimate of drug-likeness (QED) is 0.685. The predicted molar refractivity (Wildman–Crippen MR) is 81.8 cm³/mol. The molecule has 0 aliphatic carbocycles. The minimum atomic E-state index is -0.201. The number of rotatable bonds is 4.